The third kappa shape index (κ3) is 3.21. The second-order valence-corrected chi connectivity index (χ2v) is 6.58. The number of nitrogens with two attached hydrogens (primary N) is 1. The van der Waals surface area contributed by atoms with Gasteiger partial charge in [0.1, 0.15) is 0 Å². The molecule has 0 amide bonds. The molecule has 2 aliphatic rings. The van der Waals surface area contributed by atoms with E-state index in [9.17, 15) is 0 Å². The van der Waals surface area contributed by atoms with Crippen molar-refractivity contribution in [3.8, 4) is 0 Å². The fourth-order valence-corrected chi connectivity index (χ4v) is 3.68. The number of anilines is 2. The summed E-state index contributed by atoms with van der Waals surface area (Å²) >= 11 is 5.97. The summed E-state index contributed by atoms with van der Waals surface area (Å²) in [6, 6.07) is 5.84. The van der Waals surface area contributed by atoms with E-state index in [1.165, 1.54) is 45.3 Å². The summed E-state index contributed by atoms with van der Waals surface area (Å²) in [5, 5.41) is 0.718. The molecule has 1 aromatic carbocycles. The molecule has 2 heterocycles. The topological polar surface area (TPSA) is 32.5 Å². The minimum absolute atomic E-state index is 0.718. The van der Waals surface area contributed by atoms with Crippen molar-refractivity contribution in [2.24, 2.45) is 5.92 Å². The van der Waals surface area contributed by atoms with Gasteiger partial charge >= 0.3 is 0 Å². The number of hydrogen-bond acceptors (Lipinski definition) is 3. The van der Waals surface area contributed by atoms with Crippen molar-refractivity contribution in [2.75, 3.05) is 43.4 Å². The molecule has 1 aromatic rings. The molecule has 2 fully saturated rings. The van der Waals surface area contributed by atoms with Crippen LogP contribution in [0.25, 0.3) is 0 Å². The molecular weight excluding hydrogens is 270 g/mol. The van der Waals surface area contributed by atoms with Crippen molar-refractivity contribution in [1.82, 2.24) is 4.90 Å². The normalized spacial score (nSPS) is 21.6. The fraction of sp³-hybridized carbons (Fsp3) is 0.625. The Balaban J connectivity index is 1.55. The molecule has 0 unspecified atom stereocenters. The zero-order chi connectivity index (χ0) is 13.9. The van der Waals surface area contributed by atoms with E-state index in [1.54, 1.807) is 0 Å². The van der Waals surface area contributed by atoms with Crippen LogP contribution in [0.1, 0.15) is 25.7 Å². The monoisotopic (exact) mass is 293 g/mol. The number of likely N-dealkylation sites (tertiary alicyclic amines) is 1. The van der Waals surface area contributed by atoms with Gasteiger partial charge in [0.2, 0.25) is 0 Å². The number of hydrogen-bond donors (Lipinski definition) is 1. The number of nitrogens with zero attached hydrogens (tertiary/aromatic N) is 2. The van der Waals surface area contributed by atoms with Crippen molar-refractivity contribution in [3.05, 3.63) is 23.2 Å². The molecular formula is C16H24ClN3. The van der Waals surface area contributed by atoms with Crippen LogP contribution in [0.4, 0.5) is 11.4 Å². The highest BCUT2D eigenvalue weighted by Gasteiger charge is 2.23. The smallest absolute Gasteiger partial charge is 0.0600 e. The largest absolute Gasteiger partial charge is 0.397 e. The molecule has 2 N–H and O–H groups in total. The van der Waals surface area contributed by atoms with E-state index in [0.717, 1.165) is 35.4 Å². The summed E-state index contributed by atoms with van der Waals surface area (Å²) in [5.41, 5.74) is 8.03. The second-order valence-electron chi connectivity index (χ2n) is 6.14. The number of rotatable bonds is 3. The molecule has 0 aromatic heterocycles. The molecule has 0 atom stereocenters. The van der Waals surface area contributed by atoms with E-state index in [2.05, 4.69) is 15.9 Å². The highest BCUT2D eigenvalue weighted by atomic mass is 35.5. The van der Waals surface area contributed by atoms with Gasteiger partial charge in [-0.2, -0.15) is 0 Å². The summed E-state index contributed by atoms with van der Waals surface area (Å²) < 4.78 is 0. The third-order valence-electron chi connectivity index (χ3n) is 4.66. The maximum absolute atomic E-state index is 6.08. The fourth-order valence-electron chi connectivity index (χ4n) is 3.50. The standard InChI is InChI=1S/C16H24ClN3/c17-14-3-4-16(15(18)11-14)20-9-5-13(6-10-20)12-19-7-1-2-8-19/h3-4,11,13H,1-2,5-10,12,18H2. The Labute approximate surface area is 126 Å². The Morgan fingerprint density at radius 3 is 2.45 bits per heavy atom. The summed E-state index contributed by atoms with van der Waals surface area (Å²) in [7, 11) is 0. The first kappa shape index (κ1) is 14.0. The van der Waals surface area contributed by atoms with E-state index < -0.39 is 0 Å². The van der Waals surface area contributed by atoms with Crippen molar-refractivity contribution in [2.45, 2.75) is 25.7 Å². The Kier molecular flexibility index (Phi) is 4.37. The molecule has 4 heteroatoms. The van der Waals surface area contributed by atoms with Crippen molar-refractivity contribution >= 4 is 23.0 Å². The van der Waals surface area contributed by atoms with Crippen LogP contribution in [0.15, 0.2) is 18.2 Å². The van der Waals surface area contributed by atoms with Crippen LogP contribution in [0, 0.1) is 5.92 Å². The third-order valence-corrected chi connectivity index (χ3v) is 4.89. The van der Waals surface area contributed by atoms with Gasteiger partial charge in [0.15, 0.2) is 0 Å². The average molecular weight is 294 g/mol. The van der Waals surface area contributed by atoms with Crippen LogP contribution in [-0.4, -0.2) is 37.6 Å². The molecule has 0 spiro atoms. The molecule has 3 rings (SSSR count). The van der Waals surface area contributed by atoms with E-state index in [-0.39, 0.29) is 0 Å². The van der Waals surface area contributed by atoms with Crippen molar-refractivity contribution in [1.29, 1.82) is 0 Å². The van der Waals surface area contributed by atoms with Crippen LogP contribution in [0.2, 0.25) is 5.02 Å². The molecule has 0 bridgehead atoms. The summed E-state index contributed by atoms with van der Waals surface area (Å²) in [5.74, 6) is 0.859. The number of piperidine rings is 1. The number of halogens is 1. The molecule has 2 saturated heterocycles. The highest BCUT2D eigenvalue weighted by molar-refractivity contribution is 6.31. The van der Waals surface area contributed by atoms with Gasteiger partial charge in [-0.05, 0) is 62.9 Å². The summed E-state index contributed by atoms with van der Waals surface area (Å²) in [6.45, 7) is 6.15. The van der Waals surface area contributed by atoms with E-state index in [4.69, 9.17) is 17.3 Å². The van der Waals surface area contributed by atoms with Gasteiger partial charge in [0, 0.05) is 24.7 Å². The van der Waals surface area contributed by atoms with Crippen LogP contribution in [-0.2, 0) is 0 Å². The lowest BCUT2D eigenvalue weighted by atomic mass is 9.95. The SMILES string of the molecule is Nc1cc(Cl)ccc1N1CCC(CN2CCCC2)CC1. The Hall–Kier alpha value is -0.930. The maximum atomic E-state index is 6.08. The first-order valence-electron chi connectivity index (χ1n) is 7.75. The predicted octanol–water partition coefficient (Wildman–Crippen LogP) is 3.23. The van der Waals surface area contributed by atoms with Crippen LogP contribution in [0.3, 0.4) is 0 Å². The first-order chi connectivity index (χ1) is 9.72. The zero-order valence-corrected chi connectivity index (χ0v) is 12.8. The van der Waals surface area contributed by atoms with Crippen molar-refractivity contribution < 1.29 is 0 Å². The van der Waals surface area contributed by atoms with Crippen molar-refractivity contribution in [3.63, 3.8) is 0 Å². The van der Waals surface area contributed by atoms with E-state index >= 15 is 0 Å². The number of benzene rings is 1. The highest BCUT2D eigenvalue weighted by Crippen LogP contribution is 2.30. The maximum Gasteiger partial charge on any atom is 0.0600 e. The van der Waals surface area contributed by atoms with Gasteiger partial charge in [0.25, 0.3) is 0 Å². The summed E-state index contributed by atoms with van der Waals surface area (Å²) in [6.07, 6.45) is 5.33. The molecule has 3 nitrogen and oxygen atoms in total. The minimum atomic E-state index is 0.718. The van der Waals surface area contributed by atoms with Gasteiger partial charge in [0.05, 0.1) is 11.4 Å². The quantitative estimate of drug-likeness (QED) is 0.869. The van der Waals surface area contributed by atoms with E-state index in [1.807, 2.05) is 12.1 Å². The summed E-state index contributed by atoms with van der Waals surface area (Å²) in [4.78, 5) is 5.04. The van der Waals surface area contributed by atoms with Crippen LogP contribution < -0.4 is 10.6 Å². The molecule has 0 radical (unpaired) electrons. The minimum Gasteiger partial charge on any atom is -0.397 e. The lowest BCUT2D eigenvalue weighted by Gasteiger charge is -2.35. The van der Waals surface area contributed by atoms with Gasteiger partial charge < -0.3 is 15.5 Å². The second kappa shape index (κ2) is 6.23. The Bertz CT molecular complexity index is 449. The van der Waals surface area contributed by atoms with E-state index in [0.29, 0.717) is 0 Å². The van der Waals surface area contributed by atoms with Gasteiger partial charge in [-0.1, -0.05) is 11.6 Å². The molecule has 2 aliphatic heterocycles. The van der Waals surface area contributed by atoms with Gasteiger partial charge in [-0.3, -0.25) is 0 Å². The van der Waals surface area contributed by atoms with Crippen LogP contribution >= 0.6 is 11.6 Å². The van der Waals surface area contributed by atoms with Gasteiger partial charge in [-0.25, -0.2) is 0 Å². The lowest BCUT2D eigenvalue weighted by molar-refractivity contribution is 0.249. The molecule has 110 valence electrons. The molecule has 20 heavy (non-hydrogen) atoms. The Morgan fingerprint density at radius 1 is 1.10 bits per heavy atom. The number of nitrogen functional groups attached to an aromatic ring is 1. The predicted molar refractivity (Wildman–Crippen MR) is 86.5 cm³/mol. The molecule has 0 aliphatic carbocycles. The lowest BCUT2D eigenvalue weighted by Crippen LogP contribution is -2.38. The first-order valence-corrected chi connectivity index (χ1v) is 8.12. The van der Waals surface area contributed by atoms with Crippen LogP contribution in [0.5, 0.6) is 0 Å². The van der Waals surface area contributed by atoms with Gasteiger partial charge in [-0.15, -0.1) is 0 Å². The molecule has 0 saturated carbocycles. The Morgan fingerprint density at radius 2 is 1.80 bits per heavy atom. The average Bonchev–Trinajstić information content (AvgIpc) is 2.93. The zero-order valence-electron chi connectivity index (χ0n) is 12.0.